The highest BCUT2D eigenvalue weighted by Gasteiger charge is 2.59. The zero-order valence-electron chi connectivity index (χ0n) is 23.8. The molecule has 2 aromatic rings. The van der Waals surface area contributed by atoms with Gasteiger partial charge in [0.1, 0.15) is 57.3 Å². The number of aliphatic hydroxyl groups excluding tert-OH is 4. The van der Waals surface area contributed by atoms with Gasteiger partial charge in [0.2, 0.25) is 5.60 Å². The molecule has 2 aliphatic heterocycles. The molecule has 2 saturated carbocycles. The second-order valence-corrected chi connectivity index (χ2v) is 11.7. The lowest BCUT2D eigenvalue weighted by Crippen LogP contribution is -2.62. The molecule has 4 aliphatic rings. The lowest BCUT2D eigenvalue weighted by molar-refractivity contribution is -0.205. The quantitative estimate of drug-likeness (QED) is 0.248. The van der Waals surface area contributed by atoms with Crippen LogP contribution in [0.25, 0.3) is 22.6 Å². The normalized spacial score (nSPS) is 30.9. The van der Waals surface area contributed by atoms with Crippen LogP contribution in [0.4, 0.5) is 0 Å². The molecule has 0 aromatic heterocycles. The monoisotopic (exact) mass is 610 g/mol. The van der Waals surface area contributed by atoms with E-state index in [0.29, 0.717) is 0 Å². The minimum Gasteiger partial charge on any atom is -0.506 e. The Morgan fingerprint density at radius 3 is 1.91 bits per heavy atom. The van der Waals surface area contributed by atoms with E-state index in [9.17, 15) is 50.1 Å². The van der Waals surface area contributed by atoms with Crippen LogP contribution in [0.15, 0.2) is 35.4 Å². The molecule has 6 rings (SSSR count). The van der Waals surface area contributed by atoms with Gasteiger partial charge in [-0.1, -0.05) is 13.8 Å². The Hall–Kier alpha value is -4.59. The summed E-state index contributed by atoms with van der Waals surface area (Å²) in [6, 6.07) is 5.12. The standard InChI is InChI=1S/C31H30O13/c1-11-8-17(35)23-27(39)21-19(44-31(23,41)28(11)40)7-5-15(25(21)37)14-4-6-18-20(24(14)36)26(38)22-16(34)9-12(2)29(42-13(3)33)30(22,10-32)43-18/h4-7,11-12,28-29,32,36-41H,8-10H2,1-3H3/t11-,12-,28-,29-,30+,31+/m0/s1. The molecule has 0 radical (unpaired) electrons. The number of Topliss-reactive ketones (excluding diaryl/α,β-unsaturated/α-hetero) is 2. The number of aromatic hydroxyl groups is 2. The summed E-state index contributed by atoms with van der Waals surface area (Å²) in [5, 5.41) is 77.4. The number of esters is 1. The molecule has 44 heavy (non-hydrogen) atoms. The van der Waals surface area contributed by atoms with Crippen LogP contribution in [-0.2, 0) is 19.1 Å². The van der Waals surface area contributed by atoms with Crippen molar-refractivity contribution in [2.45, 2.75) is 57.2 Å². The van der Waals surface area contributed by atoms with Crippen LogP contribution in [0.3, 0.4) is 0 Å². The predicted octanol–water partition coefficient (Wildman–Crippen LogP) is 2.02. The van der Waals surface area contributed by atoms with E-state index in [1.54, 1.807) is 6.92 Å². The number of phenolic OH excluding ortho intramolecular Hbond substituents is 2. The summed E-state index contributed by atoms with van der Waals surface area (Å²) >= 11 is 0. The summed E-state index contributed by atoms with van der Waals surface area (Å²) in [6.45, 7) is 3.47. The molecule has 13 heteroatoms. The minimum absolute atomic E-state index is 0.105. The Morgan fingerprint density at radius 1 is 0.864 bits per heavy atom. The number of fused-ring (bicyclic) bond motifs is 4. The van der Waals surface area contributed by atoms with E-state index in [0.717, 1.165) is 6.92 Å². The highest BCUT2D eigenvalue weighted by atomic mass is 16.6. The van der Waals surface area contributed by atoms with Crippen molar-refractivity contribution in [3.63, 3.8) is 0 Å². The Labute approximate surface area is 249 Å². The molecular weight excluding hydrogens is 580 g/mol. The number of carbonyl (C=O) groups excluding carboxylic acids is 3. The molecule has 0 amide bonds. The number of benzene rings is 2. The van der Waals surface area contributed by atoms with Crippen LogP contribution < -0.4 is 9.47 Å². The predicted molar refractivity (Wildman–Crippen MR) is 149 cm³/mol. The third kappa shape index (κ3) is 3.79. The molecule has 13 nitrogen and oxygen atoms in total. The zero-order chi connectivity index (χ0) is 32.0. The fourth-order valence-electron chi connectivity index (χ4n) is 6.85. The smallest absolute Gasteiger partial charge is 0.303 e. The lowest BCUT2D eigenvalue weighted by atomic mass is 9.69. The van der Waals surface area contributed by atoms with Crippen LogP contribution in [0.2, 0.25) is 0 Å². The maximum absolute atomic E-state index is 13.2. The van der Waals surface area contributed by atoms with E-state index in [2.05, 4.69) is 0 Å². The minimum atomic E-state index is -2.56. The van der Waals surface area contributed by atoms with Crippen LogP contribution in [0, 0.1) is 11.8 Å². The van der Waals surface area contributed by atoms with Gasteiger partial charge in [-0.05, 0) is 30.2 Å². The number of rotatable bonds is 3. The number of hydrogen-bond acceptors (Lipinski definition) is 13. The molecule has 0 unspecified atom stereocenters. The largest absolute Gasteiger partial charge is 0.506 e. The zero-order valence-corrected chi connectivity index (χ0v) is 23.8. The van der Waals surface area contributed by atoms with E-state index >= 15 is 0 Å². The summed E-state index contributed by atoms with van der Waals surface area (Å²) in [4.78, 5) is 37.9. The molecular formula is C31H30O13. The van der Waals surface area contributed by atoms with Crippen molar-refractivity contribution in [3.8, 4) is 34.1 Å². The van der Waals surface area contributed by atoms with Gasteiger partial charge < -0.3 is 50.0 Å². The maximum Gasteiger partial charge on any atom is 0.303 e. The molecule has 232 valence electrons. The van der Waals surface area contributed by atoms with E-state index < -0.39 is 93.7 Å². The fraction of sp³-hybridized carbons (Fsp3) is 0.387. The van der Waals surface area contributed by atoms with Crippen molar-refractivity contribution in [1.29, 1.82) is 0 Å². The molecule has 0 saturated heterocycles. The molecule has 2 fully saturated rings. The van der Waals surface area contributed by atoms with E-state index in [-0.39, 0.29) is 46.6 Å². The van der Waals surface area contributed by atoms with Gasteiger partial charge in [0.15, 0.2) is 17.7 Å². The van der Waals surface area contributed by atoms with Crippen LogP contribution in [-0.4, -0.2) is 83.5 Å². The summed E-state index contributed by atoms with van der Waals surface area (Å²) < 4.78 is 17.1. The lowest BCUT2D eigenvalue weighted by Gasteiger charge is -2.47. The SMILES string of the molecule is CC(=O)O[C@H]1[C@@H](C)CC(=O)C2=C(O)c3c(ccc(-c4ccc5c(c4O)C(O)=C4C(=O)C[C@H](C)[C@H](O)[C@]4(O)O5)c3O)O[C@]21CO. The second-order valence-electron chi connectivity index (χ2n) is 11.7. The van der Waals surface area contributed by atoms with Gasteiger partial charge in [-0.2, -0.15) is 0 Å². The van der Waals surface area contributed by atoms with E-state index in [1.807, 2.05) is 0 Å². The first-order valence-corrected chi connectivity index (χ1v) is 13.9. The van der Waals surface area contributed by atoms with Crippen molar-refractivity contribution in [1.82, 2.24) is 0 Å². The Kier molecular flexibility index (Phi) is 6.50. The molecule has 6 atom stereocenters. The number of ether oxygens (including phenoxy) is 3. The van der Waals surface area contributed by atoms with Gasteiger partial charge >= 0.3 is 5.97 Å². The fourth-order valence-corrected chi connectivity index (χ4v) is 6.85. The third-order valence-electron chi connectivity index (χ3n) is 8.87. The van der Waals surface area contributed by atoms with Crippen molar-refractivity contribution in [2.75, 3.05) is 6.61 Å². The number of aliphatic hydroxyl groups is 5. The van der Waals surface area contributed by atoms with Crippen LogP contribution >= 0.6 is 0 Å². The first-order chi connectivity index (χ1) is 20.7. The first kappa shape index (κ1) is 29.5. The average Bonchev–Trinajstić information content (AvgIpc) is 2.94. The van der Waals surface area contributed by atoms with Gasteiger partial charge in [-0.25, -0.2) is 0 Å². The molecule has 2 aromatic carbocycles. The maximum atomic E-state index is 13.2. The summed E-state index contributed by atoms with van der Waals surface area (Å²) in [7, 11) is 0. The first-order valence-electron chi connectivity index (χ1n) is 13.9. The number of phenols is 2. The van der Waals surface area contributed by atoms with E-state index in [4.69, 9.17) is 14.2 Å². The average molecular weight is 611 g/mol. The second kappa shape index (κ2) is 9.71. The van der Waals surface area contributed by atoms with Gasteiger partial charge in [-0.15, -0.1) is 0 Å². The Bertz CT molecular complexity index is 1720. The van der Waals surface area contributed by atoms with Crippen molar-refractivity contribution < 1.29 is 64.3 Å². The molecule has 0 spiro atoms. The van der Waals surface area contributed by atoms with Crippen LogP contribution in [0.1, 0.15) is 44.7 Å². The molecule has 0 bridgehead atoms. The third-order valence-corrected chi connectivity index (χ3v) is 8.87. The van der Waals surface area contributed by atoms with Crippen molar-refractivity contribution in [2.24, 2.45) is 11.8 Å². The van der Waals surface area contributed by atoms with Crippen molar-refractivity contribution >= 4 is 29.1 Å². The number of ketones is 2. The molecule has 7 N–H and O–H groups in total. The summed E-state index contributed by atoms with van der Waals surface area (Å²) in [5.74, 6) is -9.11. The van der Waals surface area contributed by atoms with Gasteiger partial charge in [-0.3, -0.25) is 14.4 Å². The van der Waals surface area contributed by atoms with Crippen LogP contribution in [0.5, 0.6) is 23.0 Å². The molecule has 2 aliphatic carbocycles. The van der Waals surface area contributed by atoms with Crippen molar-refractivity contribution in [3.05, 3.63) is 46.5 Å². The number of carbonyl (C=O) groups is 3. The highest BCUT2D eigenvalue weighted by molar-refractivity contribution is 6.08. The summed E-state index contributed by atoms with van der Waals surface area (Å²) in [5.41, 5.74) is -3.91. The summed E-state index contributed by atoms with van der Waals surface area (Å²) in [6.07, 6.45) is -3.08. The van der Waals surface area contributed by atoms with Gasteiger partial charge in [0, 0.05) is 36.8 Å². The van der Waals surface area contributed by atoms with Gasteiger partial charge in [0.05, 0.1) is 12.2 Å². The Morgan fingerprint density at radius 2 is 1.36 bits per heavy atom. The topological polar surface area (TPSA) is 221 Å². The van der Waals surface area contributed by atoms with Gasteiger partial charge in [0.25, 0.3) is 5.79 Å². The molecule has 2 heterocycles. The highest BCUT2D eigenvalue weighted by Crippen LogP contribution is 2.55. The Balaban J connectivity index is 1.51. The van der Waals surface area contributed by atoms with E-state index in [1.165, 1.54) is 31.2 Å². The number of hydrogen-bond donors (Lipinski definition) is 7.